The zero-order valence-electron chi connectivity index (χ0n) is 19.8. The normalized spacial score (nSPS) is 11.0. The Balaban J connectivity index is 1.55. The van der Waals surface area contributed by atoms with Crippen molar-refractivity contribution < 1.29 is 4.74 Å². The van der Waals surface area contributed by atoms with Gasteiger partial charge < -0.3 is 25.3 Å². The average Bonchev–Trinajstić information content (AvgIpc) is 3.32. The molecule has 4 aromatic rings. The number of nitrogens with zero attached hydrogens (tertiary/aromatic N) is 5. The number of H-pyrrole nitrogens is 1. The maximum absolute atomic E-state index is 8.03. The summed E-state index contributed by atoms with van der Waals surface area (Å²) < 4.78 is 5.15. The highest BCUT2D eigenvalue weighted by atomic mass is 16.5. The summed E-state index contributed by atoms with van der Waals surface area (Å²) in [6, 6.07) is 12.0. The van der Waals surface area contributed by atoms with E-state index >= 15 is 0 Å². The zero-order chi connectivity index (χ0) is 23.9. The molecule has 0 bridgehead atoms. The predicted molar refractivity (Wildman–Crippen MR) is 136 cm³/mol. The fourth-order valence-corrected chi connectivity index (χ4v) is 3.66. The summed E-state index contributed by atoms with van der Waals surface area (Å²) in [7, 11) is 3.67. The van der Waals surface area contributed by atoms with Crippen molar-refractivity contribution in [2.24, 2.45) is 0 Å². The van der Waals surface area contributed by atoms with Gasteiger partial charge in [-0.2, -0.15) is 4.98 Å². The molecule has 0 saturated carbocycles. The third-order valence-electron chi connectivity index (χ3n) is 5.51. The van der Waals surface area contributed by atoms with Crippen molar-refractivity contribution >= 4 is 34.3 Å². The quantitative estimate of drug-likeness (QED) is 0.281. The van der Waals surface area contributed by atoms with Crippen LogP contribution in [0.25, 0.3) is 22.4 Å². The molecule has 0 atom stereocenters. The Hall–Kier alpha value is -3.85. The number of fused-ring (bicyclic) bond motifs is 1. The van der Waals surface area contributed by atoms with Crippen LogP contribution in [0.15, 0.2) is 48.9 Å². The summed E-state index contributed by atoms with van der Waals surface area (Å²) in [5, 5.41) is 11.3. The number of imidazole rings is 1. The largest absolute Gasteiger partial charge is 0.383 e. The van der Waals surface area contributed by atoms with Gasteiger partial charge in [0.05, 0.1) is 12.9 Å². The van der Waals surface area contributed by atoms with Gasteiger partial charge in [-0.25, -0.2) is 15.0 Å². The van der Waals surface area contributed by atoms with Crippen molar-refractivity contribution in [1.82, 2.24) is 24.9 Å². The number of methoxy groups -OCH3 is 1. The van der Waals surface area contributed by atoms with Gasteiger partial charge in [0, 0.05) is 50.3 Å². The zero-order valence-corrected chi connectivity index (χ0v) is 19.8. The van der Waals surface area contributed by atoms with Crippen LogP contribution in [-0.4, -0.2) is 57.9 Å². The summed E-state index contributed by atoms with van der Waals surface area (Å²) >= 11 is 0. The van der Waals surface area contributed by atoms with Crippen LogP contribution >= 0.6 is 0 Å². The van der Waals surface area contributed by atoms with Crippen LogP contribution in [0.2, 0.25) is 0 Å². The Morgan fingerprint density at radius 2 is 1.94 bits per heavy atom. The fourth-order valence-electron chi connectivity index (χ4n) is 3.66. The number of benzene rings is 1. The molecule has 0 amide bonds. The summed E-state index contributed by atoms with van der Waals surface area (Å²) in [5.74, 6) is 1.32. The second-order valence-electron chi connectivity index (χ2n) is 8.17. The van der Waals surface area contributed by atoms with Gasteiger partial charge in [0.15, 0.2) is 5.65 Å². The maximum Gasteiger partial charge on any atom is 0.229 e. The number of rotatable bonds is 11. The van der Waals surface area contributed by atoms with Crippen molar-refractivity contribution in [3.8, 4) is 11.3 Å². The second-order valence-corrected chi connectivity index (χ2v) is 8.17. The van der Waals surface area contributed by atoms with E-state index in [9.17, 15) is 0 Å². The summed E-state index contributed by atoms with van der Waals surface area (Å²) in [5.41, 5.74) is 5.69. The molecule has 0 aliphatic rings. The molecular weight excluding hydrogens is 428 g/mol. The molecule has 3 heterocycles. The summed E-state index contributed by atoms with van der Waals surface area (Å²) in [6.07, 6.45) is 5.94. The molecule has 0 fully saturated rings. The molecule has 3 aromatic heterocycles. The van der Waals surface area contributed by atoms with Crippen LogP contribution in [0.4, 0.5) is 17.5 Å². The lowest BCUT2D eigenvalue weighted by Gasteiger charge is -2.17. The van der Waals surface area contributed by atoms with Crippen LogP contribution in [0, 0.1) is 5.41 Å². The number of nitrogens with one attached hydrogen (secondary N) is 3. The number of anilines is 3. The van der Waals surface area contributed by atoms with Gasteiger partial charge in [-0.1, -0.05) is 25.5 Å². The van der Waals surface area contributed by atoms with Gasteiger partial charge in [0.2, 0.25) is 5.95 Å². The lowest BCUT2D eigenvalue weighted by atomic mass is 10.1. The van der Waals surface area contributed by atoms with Gasteiger partial charge in [-0.15, -0.1) is 0 Å². The number of hydrogen-bond donors (Lipinski definition) is 3. The maximum atomic E-state index is 8.03. The van der Waals surface area contributed by atoms with Crippen LogP contribution in [0.3, 0.4) is 0 Å². The average molecular weight is 459 g/mol. The Labute approximate surface area is 199 Å². The van der Waals surface area contributed by atoms with Gasteiger partial charge in [0.25, 0.3) is 0 Å². The second kappa shape index (κ2) is 10.8. The molecule has 1 aromatic carbocycles. The number of likely N-dealkylation sites (N-methyl/N-ethyl adjacent to an activating group) is 1. The first-order valence-corrected chi connectivity index (χ1v) is 11.4. The molecule has 9 heteroatoms. The predicted octanol–water partition coefficient (Wildman–Crippen LogP) is 4.60. The molecule has 0 saturated heterocycles. The van der Waals surface area contributed by atoms with Crippen LogP contribution in [-0.2, 0) is 11.2 Å². The Bertz CT molecular complexity index is 1230. The SMILES string of the molecule is CCCC(=N)Cc1ccc(Nc2nc(-c3ccc(N(C)CCOC)nc3)c3[nH]cnc3n2)cc1. The Kier molecular flexibility index (Phi) is 7.44. The third kappa shape index (κ3) is 5.55. The number of aromatic nitrogens is 5. The highest BCUT2D eigenvalue weighted by Crippen LogP contribution is 2.27. The van der Waals surface area contributed by atoms with Crippen LogP contribution in [0.5, 0.6) is 0 Å². The first-order valence-electron chi connectivity index (χ1n) is 11.4. The van der Waals surface area contributed by atoms with Crippen molar-refractivity contribution in [2.45, 2.75) is 26.2 Å². The highest BCUT2D eigenvalue weighted by molar-refractivity contribution is 5.88. The molecule has 3 N–H and O–H groups in total. The van der Waals surface area contributed by atoms with E-state index in [0.717, 1.165) is 58.9 Å². The summed E-state index contributed by atoms with van der Waals surface area (Å²) in [6.45, 7) is 3.49. The number of aromatic amines is 1. The van der Waals surface area contributed by atoms with Crippen LogP contribution in [0.1, 0.15) is 25.3 Å². The molecule has 176 valence electrons. The summed E-state index contributed by atoms with van der Waals surface area (Å²) in [4.78, 5) is 23.4. The minimum atomic E-state index is 0.461. The first-order chi connectivity index (χ1) is 16.6. The van der Waals surface area contributed by atoms with Crippen molar-refractivity contribution in [1.29, 1.82) is 5.41 Å². The van der Waals surface area contributed by atoms with E-state index in [1.54, 1.807) is 13.4 Å². The lowest BCUT2D eigenvalue weighted by Crippen LogP contribution is -2.22. The standard InChI is InChI=1S/C25H30N8O/c1-4-5-19(26)14-17-6-9-20(10-7-17)30-25-31-22(23-24(32-25)29-16-28-23)18-8-11-21(27-15-18)33(2)12-13-34-3/h6-11,15-16,26H,4-5,12-14H2,1-3H3,(H2,28,29,30,31,32). The molecular formula is C25H30N8O. The van der Waals surface area contributed by atoms with Crippen molar-refractivity contribution in [3.05, 3.63) is 54.5 Å². The molecule has 9 nitrogen and oxygen atoms in total. The first kappa shape index (κ1) is 23.3. The molecule has 4 rings (SSSR count). The van der Waals surface area contributed by atoms with E-state index in [1.165, 1.54) is 0 Å². The highest BCUT2D eigenvalue weighted by Gasteiger charge is 2.13. The molecule has 0 unspecified atom stereocenters. The van der Waals surface area contributed by atoms with E-state index in [2.05, 4.69) is 32.2 Å². The topological polar surface area (TPSA) is 116 Å². The molecule has 0 spiro atoms. The number of hydrogen-bond acceptors (Lipinski definition) is 8. The van der Waals surface area contributed by atoms with Gasteiger partial charge in [0.1, 0.15) is 17.0 Å². The van der Waals surface area contributed by atoms with Crippen LogP contribution < -0.4 is 10.2 Å². The Morgan fingerprint density at radius 3 is 2.65 bits per heavy atom. The third-order valence-corrected chi connectivity index (χ3v) is 5.51. The van der Waals surface area contributed by atoms with E-state index in [1.807, 2.05) is 54.5 Å². The van der Waals surface area contributed by atoms with E-state index < -0.39 is 0 Å². The van der Waals surface area contributed by atoms with Crippen molar-refractivity contribution in [2.75, 3.05) is 37.5 Å². The van der Waals surface area contributed by atoms with E-state index in [0.29, 0.717) is 24.6 Å². The molecule has 0 aliphatic carbocycles. The fraction of sp³-hybridized carbons (Fsp3) is 0.320. The lowest BCUT2D eigenvalue weighted by molar-refractivity contribution is 0.206. The number of ether oxygens (including phenoxy) is 1. The van der Waals surface area contributed by atoms with Gasteiger partial charge >= 0.3 is 0 Å². The smallest absolute Gasteiger partial charge is 0.229 e. The molecule has 34 heavy (non-hydrogen) atoms. The molecule has 0 aliphatic heterocycles. The minimum absolute atomic E-state index is 0.461. The Morgan fingerprint density at radius 1 is 1.12 bits per heavy atom. The number of pyridine rings is 1. The van der Waals surface area contributed by atoms with Crippen molar-refractivity contribution in [3.63, 3.8) is 0 Å². The monoisotopic (exact) mass is 458 g/mol. The van der Waals surface area contributed by atoms with Gasteiger partial charge in [-0.05, 0) is 36.2 Å². The molecule has 0 radical (unpaired) electrons. The van der Waals surface area contributed by atoms with Gasteiger partial charge in [-0.3, -0.25) is 0 Å². The van der Waals surface area contributed by atoms with E-state index in [-0.39, 0.29) is 0 Å². The van der Waals surface area contributed by atoms with E-state index in [4.69, 9.17) is 15.1 Å². The minimum Gasteiger partial charge on any atom is -0.383 e.